The predicted octanol–water partition coefficient (Wildman–Crippen LogP) is -3.82. The van der Waals surface area contributed by atoms with Gasteiger partial charge in [0, 0.05) is 12.6 Å². The molecule has 5 aromatic rings. The summed E-state index contributed by atoms with van der Waals surface area (Å²) in [5, 5.41) is 88.7. The highest BCUT2D eigenvalue weighted by Crippen LogP contribution is 2.36. The van der Waals surface area contributed by atoms with Crippen molar-refractivity contribution in [3.8, 4) is 0 Å². The Morgan fingerprint density at radius 3 is 1.47 bits per heavy atom. The van der Waals surface area contributed by atoms with Crippen LogP contribution in [0.25, 0.3) is 21.5 Å². The number of nitro groups is 2. The normalized spacial score (nSPS) is 13.1. The van der Waals surface area contributed by atoms with Crippen LogP contribution < -0.4 is 81.4 Å². The number of aliphatic hydroxyl groups is 1. The summed E-state index contributed by atoms with van der Waals surface area (Å²) in [7, 11) is 0. The third-order valence-corrected chi connectivity index (χ3v) is 10.5. The van der Waals surface area contributed by atoms with Crippen molar-refractivity contribution in [3.63, 3.8) is 0 Å². The van der Waals surface area contributed by atoms with Gasteiger partial charge in [-0.3, -0.25) is 70.6 Å². The van der Waals surface area contributed by atoms with E-state index in [-0.39, 0.29) is 5.56 Å². The summed E-state index contributed by atoms with van der Waals surface area (Å²) < 4.78 is 0. The maximum absolute atomic E-state index is 14.4. The van der Waals surface area contributed by atoms with Gasteiger partial charge in [-0.1, -0.05) is 78.9 Å². The van der Waals surface area contributed by atoms with Gasteiger partial charge in [0.1, 0.15) is 11.7 Å². The van der Waals surface area contributed by atoms with Gasteiger partial charge >= 0.3 is 0 Å². The van der Waals surface area contributed by atoms with E-state index in [9.17, 15) is 54.1 Å². The number of carbonyl (C=O) groups is 6. The molecule has 0 saturated heterocycles. The SMILES string of the molecule is N=C(N)NC(NC(=O)C(NC(=N)N)NC(=O)C(NC(=N)N)NC(=O)C(NC(=N)N)NC(=O)C(NC(=O)C(O)N(Cc1cc2ccccc2c2ccccc12)c1ccc([N+](=O)[O-])cc1[N+](=O)[O-])c1ccccc1)C(N)=O. The Balaban J connectivity index is 1.48. The number of amides is 6. The van der Waals surface area contributed by atoms with Crippen molar-refractivity contribution in [1.29, 1.82) is 21.6 Å². The number of aliphatic hydroxyl groups excluding tert-OH is 1. The average Bonchev–Trinajstić information content (AvgIpc) is 3.35. The van der Waals surface area contributed by atoms with E-state index in [2.05, 4.69) is 31.9 Å². The smallest absolute Gasteiger partial charge is 0.299 e. The Bertz CT molecular complexity index is 3110. The molecule has 6 unspecified atom stereocenters. The molecule has 5 aromatic carbocycles. The standard InChI is InChI=1S/C43H49N21O11/c44-29(65)30(58-40(45)46)54-35(67)32(60-42(49)50)56-37(69)33(61-43(51)52)57-36(68)31(59-41(47)48)55-34(66)28(19-8-2-1-3-9-19)53-38(70)39(71)62(26-15-14-22(63(72)73)17-27(26)64(74)75)18-21-16-20-10-4-5-11-23(20)25-13-7-6-12-24(21)25/h1-17,28,30-33,39,71H,18H2,(H2,44,65)(H,53,70)(H,54,67)(H,55,66)(H,56,69)(H,57,68)(H4,45,46,58)(H4,47,48,59)(H4,49,50,60)(H4,51,52,61). The van der Waals surface area contributed by atoms with E-state index in [1.165, 1.54) is 24.3 Å². The second kappa shape index (κ2) is 24.3. The highest BCUT2D eigenvalue weighted by atomic mass is 16.6. The molecule has 0 aromatic heterocycles. The first-order valence-corrected chi connectivity index (χ1v) is 21.5. The lowest BCUT2D eigenvalue weighted by molar-refractivity contribution is -0.393. The number of non-ortho nitro benzene ring substituents is 1. The van der Waals surface area contributed by atoms with Gasteiger partial charge in [0.15, 0.2) is 48.5 Å². The van der Waals surface area contributed by atoms with Crippen molar-refractivity contribution in [2.24, 2.45) is 28.7 Å². The molecule has 0 aliphatic heterocycles. The second-order valence-electron chi connectivity index (χ2n) is 15.7. The van der Waals surface area contributed by atoms with Gasteiger partial charge < -0.3 is 86.5 Å². The van der Waals surface area contributed by atoms with Crippen LogP contribution in [0.1, 0.15) is 17.2 Å². The zero-order chi connectivity index (χ0) is 55.3. The summed E-state index contributed by atoms with van der Waals surface area (Å²) in [4.78, 5) is 105. The van der Waals surface area contributed by atoms with Crippen LogP contribution >= 0.6 is 0 Å². The summed E-state index contributed by atoms with van der Waals surface area (Å²) in [5.41, 5.74) is 25.3. The first-order valence-electron chi connectivity index (χ1n) is 21.5. The number of benzene rings is 5. The molecule has 75 heavy (non-hydrogen) atoms. The summed E-state index contributed by atoms with van der Waals surface area (Å²) in [6.07, 6.45) is -10.6. The number of hydrogen-bond acceptors (Lipinski definition) is 16. The number of carbonyl (C=O) groups excluding carboxylic acids is 6. The van der Waals surface area contributed by atoms with E-state index in [1.807, 2.05) is 34.1 Å². The number of guanidine groups is 4. The molecule has 6 amide bonds. The van der Waals surface area contributed by atoms with Crippen LogP contribution in [0, 0.1) is 41.9 Å². The lowest BCUT2D eigenvalue weighted by Gasteiger charge is -2.31. The molecule has 0 heterocycles. The molecule has 32 heteroatoms. The number of nitro benzene ring substituents is 2. The van der Waals surface area contributed by atoms with Gasteiger partial charge in [-0.25, -0.2) is 0 Å². The van der Waals surface area contributed by atoms with E-state index in [4.69, 9.17) is 50.3 Å². The second-order valence-corrected chi connectivity index (χ2v) is 15.7. The molecule has 0 aliphatic carbocycles. The average molecular weight is 1040 g/mol. The highest BCUT2D eigenvalue weighted by molar-refractivity contribution is 6.09. The molecule has 24 N–H and O–H groups in total. The van der Waals surface area contributed by atoms with Gasteiger partial charge in [0.25, 0.3) is 40.9 Å². The lowest BCUT2D eigenvalue weighted by Crippen LogP contribution is -2.68. The minimum absolute atomic E-state index is 0.000732. The molecule has 0 fully saturated rings. The summed E-state index contributed by atoms with van der Waals surface area (Å²) in [6, 6.07) is 23.9. The number of rotatable bonds is 22. The Kier molecular flexibility index (Phi) is 17.8. The molecule has 6 atom stereocenters. The van der Waals surface area contributed by atoms with Crippen LogP contribution in [0.5, 0.6) is 0 Å². The largest absolute Gasteiger partial charge is 0.370 e. The molecule has 0 radical (unpaired) electrons. The number of nitrogens with one attached hydrogen (secondary N) is 13. The summed E-state index contributed by atoms with van der Waals surface area (Å²) >= 11 is 0. The van der Waals surface area contributed by atoms with Crippen molar-refractivity contribution < 1.29 is 43.7 Å². The van der Waals surface area contributed by atoms with Gasteiger partial charge in [-0.2, -0.15) is 0 Å². The molecule has 392 valence electrons. The fourth-order valence-corrected chi connectivity index (χ4v) is 7.27. The van der Waals surface area contributed by atoms with E-state index >= 15 is 0 Å². The van der Waals surface area contributed by atoms with Gasteiger partial charge in [-0.15, -0.1) is 0 Å². The van der Waals surface area contributed by atoms with Crippen molar-refractivity contribution >= 4 is 97.9 Å². The molecule has 0 aliphatic rings. The van der Waals surface area contributed by atoms with E-state index in [0.29, 0.717) is 22.4 Å². The van der Waals surface area contributed by atoms with E-state index < -0.39 is 130 Å². The van der Waals surface area contributed by atoms with Crippen LogP contribution in [-0.2, 0) is 35.3 Å². The maximum Gasteiger partial charge on any atom is 0.299 e. The van der Waals surface area contributed by atoms with Crippen molar-refractivity contribution in [1.82, 2.24) is 47.9 Å². The minimum atomic E-state index is -2.42. The number of hydrogen-bond donors (Lipinski definition) is 19. The molecule has 0 saturated carbocycles. The summed E-state index contributed by atoms with van der Waals surface area (Å²) in [6.45, 7) is -0.449. The van der Waals surface area contributed by atoms with Gasteiger partial charge in [0.2, 0.25) is 12.1 Å². The highest BCUT2D eigenvalue weighted by Gasteiger charge is 2.37. The zero-order valence-corrected chi connectivity index (χ0v) is 38.7. The monoisotopic (exact) mass is 1040 g/mol. The Labute approximate surface area is 421 Å². The van der Waals surface area contributed by atoms with Crippen LogP contribution in [0.4, 0.5) is 17.1 Å². The van der Waals surface area contributed by atoms with Crippen molar-refractivity contribution in [2.45, 2.75) is 43.5 Å². The lowest BCUT2D eigenvalue weighted by atomic mass is 9.96. The first kappa shape index (κ1) is 55.0. The third kappa shape index (κ3) is 14.3. The van der Waals surface area contributed by atoms with Crippen molar-refractivity contribution in [3.05, 3.63) is 134 Å². The maximum atomic E-state index is 14.4. The van der Waals surface area contributed by atoms with Crippen LogP contribution in [0.3, 0.4) is 0 Å². The van der Waals surface area contributed by atoms with E-state index in [0.717, 1.165) is 27.8 Å². The first-order chi connectivity index (χ1) is 35.4. The number of nitrogens with zero attached hydrogens (tertiary/aromatic N) is 3. The zero-order valence-electron chi connectivity index (χ0n) is 38.7. The van der Waals surface area contributed by atoms with Crippen LogP contribution in [0.15, 0.2) is 103 Å². The van der Waals surface area contributed by atoms with Crippen molar-refractivity contribution in [2.75, 3.05) is 4.90 Å². The van der Waals surface area contributed by atoms with Gasteiger partial charge in [-0.05, 0) is 44.8 Å². The molecule has 0 spiro atoms. The fraction of sp³-hybridized carbons (Fsp3) is 0.163. The minimum Gasteiger partial charge on any atom is -0.370 e. The predicted molar refractivity (Wildman–Crippen MR) is 268 cm³/mol. The Morgan fingerprint density at radius 1 is 0.520 bits per heavy atom. The van der Waals surface area contributed by atoms with Crippen LogP contribution in [0.2, 0.25) is 0 Å². The Morgan fingerprint density at radius 2 is 0.973 bits per heavy atom. The Hall–Kier alpha value is -10.9. The van der Waals surface area contributed by atoms with Gasteiger partial charge in [0.05, 0.1) is 15.9 Å². The summed E-state index contributed by atoms with van der Waals surface area (Å²) in [5.74, 6) is -11.8. The number of anilines is 1. The molecule has 32 nitrogen and oxygen atoms in total. The molecular weight excluding hydrogens is 987 g/mol. The topological polar surface area (TPSA) is 546 Å². The molecule has 5 rings (SSSR count). The number of fused-ring (bicyclic) bond motifs is 3. The molecule has 0 bridgehead atoms. The quantitative estimate of drug-likeness (QED) is 0.00789. The fourth-order valence-electron chi connectivity index (χ4n) is 7.27. The number of primary amides is 1. The molecular formula is C43H49N21O11. The number of nitrogens with two attached hydrogens (primary N) is 5. The van der Waals surface area contributed by atoms with E-state index in [1.54, 1.807) is 42.5 Å². The van der Waals surface area contributed by atoms with Crippen LogP contribution in [-0.4, -0.2) is 105 Å². The third-order valence-electron chi connectivity index (χ3n) is 10.5.